The van der Waals surface area contributed by atoms with Crippen LogP contribution in [0.3, 0.4) is 0 Å². The third-order valence-corrected chi connectivity index (χ3v) is 4.27. The van der Waals surface area contributed by atoms with Crippen LogP contribution < -0.4 is 10.1 Å². The monoisotopic (exact) mass is 421 g/mol. The molecule has 0 atom stereocenters. The average Bonchev–Trinajstić information content (AvgIpc) is 2.66. The van der Waals surface area contributed by atoms with Crippen molar-refractivity contribution in [3.8, 4) is 5.75 Å². The highest BCUT2D eigenvalue weighted by atomic mass is 35.5. The van der Waals surface area contributed by atoms with Crippen LogP contribution in [0.2, 0.25) is 10.0 Å². The van der Waals surface area contributed by atoms with E-state index >= 15 is 0 Å². The molecule has 0 unspecified atom stereocenters. The second-order valence-electron chi connectivity index (χ2n) is 5.90. The number of anilines is 1. The van der Waals surface area contributed by atoms with Gasteiger partial charge in [0.25, 0.3) is 0 Å². The summed E-state index contributed by atoms with van der Waals surface area (Å²) in [6.45, 7) is 2.42. The average molecular weight is 422 g/mol. The first kappa shape index (κ1) is 21.8. The van der Waals surface area contributed by atoms with Gasteiger partial charge in [-0.15, -0.1) is 0 Å². The zero-order valence-corrected chi connectivity index (χ0v) is 17.1. The third kappa shape index (κ3) is 6.29. The Morgan fingerprint density at radius 1 is 1.14 bits per heavy atom. The van der Waals surface area contributed by atoms with Gasteiger partial charge < -0.3 is 14.8 Å². The minimum Gasteiger partial charge on any atom is -0.495 e. The second-order valence-corrected chi connectivity index (χ2v) is 6.74. The molecule has 2 aromatic rings. The number of esters is 1. The molecule has 2 rings (SSSR count). The molecule has 0 heterocycles. The van der Waals surface area contributed by atoms with Crippen molar-refractivity contribution in [3.63, 3.8) is 0 Å². The van der Waals surface area contributed by atoms with Gasteiger partial charge in [0.05, 0.1) is 24.3 Å². The van der Waals surface area contributed by atoms with Gasteiger partial charge in [-0.1, -0.05) is 36.5 Å². The fraction of sp³-hybridized carbons (Fsp3) is 0.238. The normalized spacial score (nSPS) is 10.7. The van der Waals surface area contributed by atoms with E-state index in [4.69, 9.17) is 32.7 Å². The predicted octanol–water partition coefficient (Wildman–Crippen LogP) is 5.61. The van der Waals surface area contributed by atoms with Gasteiger partial charge in [-0.2, -0.15) is 0 Å². The van der Waals surface area contributed by atoms with Gasteiger partial charge >= 0.3 is 5.97 Å². The molecule has 0 aliphatic heterocycles. The molecule has 148 valence electrons. The summed E-state index contributed by atoms with van der Waals surface area (Å²) in [6, 6.07) is 9.70. The van der Waals surface area contributed by atoms with E-state index in [9.17, 15) is 9.59 Å². The highest BCUT2D eigenvalue weighted by molar-refractivity contribution is 6.36. The Bertz CT molecular complexity index is 863. The number of nitrogens with one attached hydrogen (secondary N) is 1. The zero-order chi connectivity index (χ0) is 20.5. The first-order valence-electron chi connectivity index (χ1n) is 8.74. The van der Waals surface area contributed by atoms with Crippen LogP contribution in [0.25, 0.3) is 6.08 Å². The number of hydrogen-bond donors (Lipinski definition) is 1. The SMILES string of the molecule is CCCCOC(=O)c1ccc(NC(=O)C=Cc2cc(Cl)cc(Cl)c2OC)cc1. The number of ether oxygens (including phenoxy) is 2. The maximum Gasteiger partial charge on any atom is 0.338 e. The van der Waals surface area contributed by atoms with E-state index in [1.165, 1.54) is 13.2 Å². The van der Waals surface area contributed by atoms with Crippen LogP contribution >= 0.6 is 23.2 Å². The van der Waals surface area contributed by atoms with Crippen molar-refractivity contribution in [2.45, 2.75) is 19.8 Å². The van der Waals surface area contributed by atoms with Gasteiger partial charge in [-0.3, -0.25) is 4.79 Å². The third-order valence-electron chi connectivity index (χ3n) is 3.77. The lowest BCUT2D eigenvalue weighted by Gasteiger charge is -2.08. The van der Waals surface area contributed by atoms with Gasteiger partial charge in [0.15, 0.2) is 0 Å². The number of benzene rings is 2. The smallest absolute Gasteiger partial charge is 0.338 e. The number of rotatable bonds is 8. The molecule has 0 fully saturated rings. The van der Waals surface area contributed by atoms with Crippen LogP contribution in [0, 0.1) is 0 Å². The Morgan fingerprint density at radius 3 is 2.50 bits per heavy atom. The standard InChI is InChI=1S/C21H21Cl2NO4/c1-3-4-11-28-21(26)14-5-8-17(9-6-14)24-19(25)10-7-15-12-16(22)13-18(23)20(15)27-2/h5-10,12-13H,3-4,11H2,1-2H3,(H,24,25). The van der Waals surface area contributed by atoms with Crippen LogP contribution in [0.4, 0.5) is 5.69 Å². The van der Waals surface area contributed by atoms with Crippen LogP contribution in [-0.4, -0.2) is 25.6 Å². The highest BCUT2D eigenvalue weighted by Gasteiger charge is 2.09. The van der Waals surface area contributed by atoms with Crippen LogP contribution in [-0.2, 0) is 9.53 Å². The second kappa shape index (κ2) is 10.7. The quantitative estimate of drug-likeness (QED) is 0.341. The molecule has 1 amide bonds. The summed E-state index contributed by atoms with van der Waals surface area (Å²) in [5, 5.41) is 3.51. The number of carbonyl (C=O) groups excluding carboxylic acids is 2. The van der Waals surface area contributed by atoms with Crippen molar-refractivity contribution in [1.82, 2.24) is 0 Å². The van der Waals surface area contributed by atoms with Crippen molar-refractivity contribution < 1.29 is 19.1 Å². The van der Waals surface area contributed by atoms with Crippen molar-refractivity contribution >= 4 is 46.8 Å². The van der Waals surface area contributed by atoms with E-state index < -0.39 is 0 Å². The maximum absolute atomic E-state index is 12.2. The van der Waals surface area contributed by atoms with Gasteiger partial charge in [-0.05, 0) is 48.9 Å². The molecule has 0 aromatic heterocycles. The zero-order valence-electron chi connectivity index (χ0n) is 15.6. The molecule has 5 nitrogen and oxygen atoms in total. The lowest BCUT2D eigenvalue weighted by atomic mass is 10.1. The summed E-state index contributed by atoms with van der Waals surface area (Å²) in [5.41, 5.74) is 1.57. The Kier molecular flexibility index (Phi) is 8.36. The van der Waals surface area contributed by atoms with Crippen LogP contribution in [0.5, 0.6) is 5.75 Å². The van der Waals surface area contributed by atoms with Crippen LogP contribution in [0.15, 0.2) is 42.5 Å². The van der Waals surface area contributed by atoms with Gasteiger partial charge in [0.1, 0.15) is 5.75 Å². The lowest BCUT2D eigenvalue weighted by Crippen LogP contribution is -2.09. The van der Waals surface area contributed by atoms with Crippen molar-refractivity contribution in [1.29, 1.82) is 0 Å². The Labute approximate surface area is 174 Å². The van der Waals surface area contributed by atoms with Crippen molar-refractivity contribution in [3.05, 3.63) is 63.6 Å². The Hall–Kier alpha value is -2.50. The highest BCUT2D eigenvalue weighted by Crippen LogP contribution is 2.32. The molecule has 0 spiro atoms. The lowest BCUT2D eigenvalue weighted by molar-refractivity contribution is -0.111. The molecule has 0 saturated carbocycles. The minimum absolute atomic E-state index is 0.351. The molecule has 0 bridgehead atoms. The van der Waals surface area contributed by atoms with E-state index in [2.05, 4.69) is 5.32 Å². The van der Waals surface area contributed by atoms with E-state index in [0.29, 0.717) is 39.2 Å². The summed E-state index contributed by atoms with van der Waals surface area (Å²) in [6.07, 6.45) is 4.69. The number of halogens is 2. The summed E-state index contributed by atoms with van der Waals surface area (Å²) in [4.78, 5) is 24.0. The maximum atomic E-state index is 12.2. The summed E-state index contributed by atoms with van der Waals surface area (Å²) in [5.74, 6) is -0.298. The number of methoxy groups -OCH3 is 1. The predicted molar refractivity (Wildman–Crippen MR) is 112 cm³/mol. The summed E-state index contributed by atoms with van der Waals surface area (Å²) in [7, 11) is 1.49. The van der Waals surface area contributed by atoms with E-state index in [0.717, 1.165) is 12.8 Å². The van der Waals surface area contributed by atoms with E-state index in [1.807, 2.05) is 6.92 Å². The molecule has 0 aliphatic carbocycles. The Morgan fingerprint density at radius 2 is 1.86 bits per heavy atom. The van der Waals surface area contributed by atoms with Gasteiger partial charge in [0.2, 0.25) is 5.91 Å². The molecule has 0 radical (unpaired) electrons. The number of unbranched alkanes of at least 4 members (excludes halogenated alkanes) is 1. The molecule has 7 heteroatoms. The molecular formula is C21H21Cl2NO4. The van der Waals surface area contributed by atoms with Crippen molar-refractivity contribution in [2.75, 3.05) is 19.0 Å². The topological polar surface area (TPSA) is 64.6 Å². The fourth-order valence-electron chi connectivity index (χ4n) is 2.35. The summed E-state index contributed by atoms with van der Waals surface area (Å²) < 4.78 is 10.4. The molecule has 28 heavy (non-hydrogen) atoms. The number of carbonyl (C=O) groups is 2. The number of amides is 1. The van der Waals surface area contributed by atoms with Crippen molar-refractivity contribution in [2.24, 2.45) is 0 Å². The molecular weight excluding hydrogens is 401 g/mol. The first-order chi connectivity index (χ1) is 13.4. The Balaban J connectivity index is 2.00. The number of hydrogen-bond acceptors (Lipinski definition) is 4. The van der Waals surface area contributed by atoms with Crippen LogP contribution in [0.1, 0.15) is 35.7 Å². The molecule has 0 saturated heterocycles. The fourth-order valence-corrected chi connectivity index (χ4v) is 2.94. The largest absolute Gasteiger partial charge is 0.495 e. The molecule has 0 aliphatic rings. The van der Waals surface area contributed by atoms with Gasteiger partial charge in [-0.25, -0.2) is 4.79 Å². The van der Waals surface area contributed by atoms with E-state index in [-0.39, 0.29) is 11.9 Å². The first-order valence-corrected chi connectivity index (χ1v) is 9.49. The minimum atomic E-state index is -0.379. The van der Waals surface area contributed by atoms with Gasteiger partial charge in [0, 0.05) is 22.3 Å². The molecule has 2 aromatic carbocycles. The van der Waals surface area contributed by atoms with E-state index in [1.54, 1.807) is 42.5 Å². The summed E-state index contributed by atoms with van der Waals surface area (Å²) >= 11 is 12.1. The molecule has 1 N–H and O–H groups in total.